The molecule has 0 atom stereocenters. The molecule has 1 heterocycles. The first-order valence-electron chi connectivity index (χ1n) is 5.08. The minimum Gasteiger partial charge on any atom is -0.334 e. The Morgan fingerprint density at radius 2 is 1.60 bits per heavy atom. The molecule has 1 aromatic carbocycles. The van der Waals surface area contributed by atoms with E-state index in [4.69, 9.17) is 0 Å². The van der Waals surface area contributed by atoms with Crippen LogP contribution in [-0.4, -0.2) is 9.97 Å². The van der Waals surface area contributed by atoms with Crippen LogP contribution >= 0.6 is 15.9 Å². The number of rotatable bonds is 1. The molecule has 9 heteroatoms. The number of halogens is 7. The number of alkyl halides is 6. The molecule has 1 N–H and O–H groups in total. The second-order valence-corrected chi connectivity index (χ2v) is 4.79. The van der Waals surface area contributed by atoms with Crippen molar-refractivity contribution in [2.75, 3.05) is 0 Å². The Bertz CT molecular complexity index is 629. The van der Waals surface area contributed by atoms with Gasteiger partial charge < -0.3 is 4.98 Å². The van der Waals surface area contributed by atoms with E-state index in [2.05, 4.69) is 20.9 Å². The number of aromatic amines is 1. The van der Waals surface area contributed by atoms with Gasteiger partial charge in [0.2, 0.25) is 0 Å². The molecule has 0 fully saturated rings. The molecule has 20 heavy (non-hydrogen) atoms. The van der Waals surface area contributed by atoms with Crippen molar-refractivity contribution in [3.8, 4) is 11.4 Å². The highest BCUT2D eigenvalue weighted by atomic mass is 79.9. The molecule has 0 spiro atoms. The van der Waals surface area contributed by atoms with E-state index < -0.39 is 23.6 Å². The number of hydrogen-bond donors (Lipinski definition) is 1. The normalized spacial score (nSPS) is 12.8. The summed E-state index contributed by atoms with van der Waals surface area (Å²) < 4.78 is 75.2. The van der Waals surface area contributed by atoms with Crippen molar-refractivity contribution >= 4 is 15.9 Å². The maximum Gasteiger partial charge on any atom is 0.432 e. The second-order valence-electron chi connectivity index (χ2n) is 3.87. The molecule has 1 aromatic heterocycles. The first kappa shape index (κ1) is 14.9. The maximum absolute atomic E-state index is 12.6. The van der Waals surface area contributed by atoms with Gasteiger partial charge in [-0.2, -0.15) is 26.3 Å². The molecule has 0 amide bonds. The number of benzene rings is 1. The van der Waals surface area contributed by atoms with Gasteiger partial charge in [0, 0.05) is 10.0 Å². The topological polar surface area (TPSA) is 28.7 Å². The van der Waals surface area contributed by atoms with E-state index in [0.29, 0.717) is 6.20 Å². The number of hydrogen-bond acceptors (Lipinski definition) is 1. The summed E-state index contributed by atoms with van der Waals surface area (Å²) in [5.74, 6) is -0.288. The van der Waals surface area contributed by atoms with Gasteiger partial charge in [-0.15, -0.1) is 0 Å². The molecule has 2 nitrogen and oxygen atoms in total. The Kier molecular flexibility index (Phi) is 3.57. The minimum absolute atomic E-state index is 0.0901. The molecule has 0 saturated heterocycles. The molecule has 2 rings (SSSR count). The summed E-state index contributed by atoms with van der Waals surface area (Å²) in [5, 5.41) is 0. The molecule has 0 radical (unpaired) electrons. The first-order valence-corrected chi connectivity index (χ1v) is 5.87. The highest BCUT2D eigenvalue weighted by Gasteiger charge is 2.34. The summed E-state index contributed by atoms with van der Waals surface area (Å²) in [5.41, 5.74) is -2.20. The third-order valence-electron chi connectivity index (χ3n) is 2.38. The summed E-state index contributed by atoms with van der Waals surface area (Å²) in [6.07, 6.45) is -8.70. The van der Waals surface area contributed by atoms with E-state index in [1.54, 1.807) is 0 Å². The van der Waals surface area contributed by atoms with Crippen LogP contribution in [0.1, 0.15) is 11.3 Å². The van der Waals surface area contributed by atoms with E-state index in [0.717, 1.165) is 12.1 Å². The van der Waals surface area contributed by atoms with Crippen molar-refractivity contribution in [1.29, 1.82) is 0 Å². The standard InChI is InChI=1S/C11H5BrF6N2/c12-7-2-5(1-6(3-7)10(13,14)15)9-19-4-8(20-9)11(16,17)18/h1-4H,(H,19,20). The highest BCUT2D eigenvalue weighted by Crippen LogP contribution is 2.35. The van der Waals surface area contributed by atoms with Gasteiger partial charge in [-0.1, -0.05) is 15.9 Å². The lowest BCUT2D eigenvalue weighted by atomic mass is 10.1. The minimum atomic E-state index is -4.63. The van der Waals surface area contributed by atoms with Gasteiger partial charge in [-0.3, -0.25) is 0 Å². The SMILES string of the molecule is FC(F)(F)c1cc(Br)cc(-c2ncc(C(F)(F)F)[nH]2)c1. The number of aromatic nitrogens is 2. The fraction of sp³-hybridized carbons (Fsp3) is 0.182. The van der Waals surface area contributed by atoms with Crippen molar-refractivity contribution in [1.82, 2.24) is 9.97 Å². The molecule has 0 unspecified atom stereocenters. The van der Waals surface area contributed by atoms with E-state index in [9.17, 15) is 26.3 Å². The Hall–Kier alpha value is -1.51. The molecule has 0 aliphatic heterocycles. The van der Waals surface area contributed by atoms with Crippen molar-refractivity contribution in [3.05, 3.63) is 40.1 Å². The summed E-state index contributed by atoms with van der Waals surface area (Å²) in [6, 6.07) is 2.80. The van der Waals surface area contributed by atoms with Crippen molar-refractivity contribution in [2.24, 2.45) is 0 Å². The van der Waals surface area contributed by atoms with Crippen LogP contribution < -0.4 is 0 Å². The fourth-order valence-electron chi connectivity index (χ4n) is 1.50. The number of H-pyrrole nitrogens is 1. The van der Waals surface area contributed by atoms with Gasteiger partial charge >= 0.3 is 12.4 Å². The average Bonchev–Trinajstić information content (AvgIpc) is 2.75. The van der Waals surface area contributed by atoms with Crippen LogP contribution in [0.15, 0.2) is 28.9 Å². The summed E-state index contributed by atoms with van der Waals surface area (Å²) in [4.78, 5) is 5.40. The van der Waals surface area contributed by atoms with E-state index >= 15 is 0 Å². The van der Waals surface area contributed by atoms with Gasteiger partial charge in [-0.05, 0) is 18.2 Å². The molecule has 0 aliphatic rings. The zero-order valence-electron chi connectivity index (χ0n) is 9.40. The quantitative estimate of drug-likeness (QED) is 0.723. The summed E-state index contributed by atoms with van der Waals surface area (Å²) in [6.45, 7) is 0. The van der Waals surface area contributed by atoms with Gasteiger partial charge in [0.1, 0.15) is 11.5 Å². The van der Waals surface area contributed by atoms with Crippen LogP contribution in [0.2, 0.25) is 0 Å². The second kappa shape index (κ2) is 4.80. The van der Waals surface area contributed by atoms with Crippen LogP contribution in [0.4, 0.5) is 26.3 Å². The average molecular weight is 359 g/mol. The van der Waals surface area contributed by atoms with Gasteiger partial charge in [0.15, 0.2) is 0 Å². The zero-order chi connectivity index (χ0) is 15.1. The highest BCUT2D eigenvalue weighted by molar-refractivity contribution is 9.10. The number of nitrogens with zero attached hydrogens (tertiary/aromatic N) is 1. The molecular formula is C11H5BrF6N2. The lowest BCUT2D eigenvalue weighted by molar-refractivity contribution is -0.141. The first-order chi connectivity index (χ1) is 9.07. The van der Waals surface area contributed by atoms with Crippen molar-refractivity contribution in [3.63, 3.8) is 0 Å². The van der Waals surface area contributed by atoms with Crippen molar-refractivity contribution in [2.45, 2.75) is 12.4 Å². The Morgan fingerprint density at radius 1 is 0.950 bits per heavy atom. The Morgan fingerprint density at radius 3 is 2.10 bits per heavy atom. The molecule has 0 aliphatic carbocycles. The van der Waals surface area contributed by atoms with Crippen LogP contribution in [-0.2, 0) is 12.4 Å². The van der Waals surface area contributed by atoms with Gasteiger partial charge in [0.25, 0.3) is 0 Å². The predicted molar refractivity (Wildman–Crippen MR) is 61.7 cm³/mol. The van der Waals surface area contributed by atoms with Crippen LogP contribution in [0.5, 0.6) is 0 Å². The maximum atomic E-state index is 12.6. The third-order valence-corrected chi connectivity index (χ3v) is 2.84. The van der Waals surface area contributed by atoms with E-state index in [1.807, 2.05) is 4.98 Å². The Labute approximate surface area is 117 Å². The molecule has 108 valence electrons. The Balaban J connectivity index is 2.48. The predicted octanol–water partition coefficient (Wildman–Crippen LogP) is 4.88. The lowest BCUT2D eigenvalue weighted by Crippen LogP contribution is -2.06. The molecule has 2 aromatic rings. The lowest BCUT2D eigenvalue weighted by Gasteiger charge is -2.09. The summed E-state index contributed by atoms with van der Waals surface area (Å²) >= 11 is 2.89. The van der Waals surface area contributed by atoms with Crippen LogP contribution in [0, 0.1) is 0 Å². The molecular weight excluding hydrogens is 354 g/mol. The van der Waals surface area contributed by atoms with E-state index in [-0.39, 0.29) is 15.9 Å². The number of nitrogens with one attached hydrogen (secondary N) is 1. The largest absolute Gasteiger partial charge is 0.432 e. The van der Waals surface area contributed by atoms with E-state index in [1.165, 1.54) is 6.07 Å². The molecule has 0 bridgehead atoms. The fourth-order valence-corrected chi connectivity index (χ4v) is 2.00. The molecule has 0 saturated carbocycles. The van der Waals surface area contributed by atoms with Crippen LogP contribution in [0.3, 0.4) is 0 Å². The smallest absolute Gasteiger partial charge is 0.334 e. The van der Waals surface area contributed by atoms with Crippen molar-refractivity contribution < 1.29 is 26.3 Å². The third kappa shape index (κ3) is 3.14. The van der Waals surface area contributed by atoms with Gasteiger partial charge in [-0.25, -0.2) is 4.98 Å². The summed E-state index contributed by atoms with van der Waals surface area (Å²) in [7, 11) is 0. The van der Waals surface area contributed by atoms with Crippen LogP contribution in [0.25, 0.3) is 11.4 Å². The van der Waals surface area contributed by atoms with Gasteiger partial charge in [0.05, 0.1) is 11.8 Å². The monoisotopic (exact) mass is 358 g/mol. The number of imidazole rings is 1. The zero-order valence-corrected chi connectivity index (χ0v) is 11.0.